The fraction of sp³-hybridized carbons (Fsp3) is 0.692. The first-order valence-electron chi connectivity index (χ1n) is 6.02. The average Bonchev–Trinajstić information content (AvgIpc) is 2.56. The number of aliphatic hydroxyl groups excluding tert-OH is 1. The number of hydrogen-bond acceptors (Lipinski definition) is 4. The summed E-state index contributed by atoms with van der Waals surface area (Å²) >= 11 is 0. The largest absolute Gasteiger partial charge is 0.469 e. The summed E-state index contributed by atoms with van der Waals surface area (Å²) in [6.45, 7) is 2.02. The molecule has 1 rings (SSSR count). The zero-order valence-corrected chi connectivity index (χ0v) is 10.4. The molecule has 17 heavy (non-hydrogen) atoms. The van der Waals surface area contributed by atoms with Crippen LogP contribution in [0.1, 0.15) is 32.6 Å². The summed E-state index contributed by atoms with van der Waals surface area (Å²) in [7, 11) is 1.32. The van der Waals surface area contributed by atoms with Crippen LogP contribution in [0, 0.1) is 11.8 Å². The Morgan fingerprint density at radius 1 is 1.53 bits per heavy atom. The molecule has 0 unspecified atom stereocenters. The molecule has 0 radical (unpaired) electrons. The van der Waals surface area contributed by atoms with Crippen molar-refractivity contribution < 1.29 is 19.4 Å². The molecule has 0 aromatic rings. The van der Waals surface area contributed by atoms with Gasteiger partial charge in [-0.05, 0) is 12.8 Å². The van der Waals surface area contributed by atoms with E-state index in [-0.39, 0.29) is 36.4 Å². The van der Waals surface area contributed by atoms with Gasteiger partial charge in [-0.15, -0.1) is 0 Å². The number of ether oxygens (including phenoxy) is 1. The molecule has 0 amide bonds. The number of ketones is 1. The lowest BCUT2D eigenvalue weighted by atomic mass is 9.88. The summed E-state index contributed by atoms with van der Waals surface area (Å²) < 4.78 is 4.59. The summed E-state index contributed by atoms with van der Waals surface area (Å²) in [6, 6.07) is 0. The Bertz CT molecular complexity index is 309. The van der Waals surface area contributed by atoms with Gasteiger partial charge in [-0.3, -0.25) is 9.59 Å². The van der Waals surface area contributed by atoms with E-state index in [4.69, 9.17) is 0 Å². The van der Waals surface area contributed by atoms with Gasteiger partial charge in [0.2, 0.25) is 0 Å². The second kappa shape index (κ2) is 6.55. The smallest absolute Gasteiger partial charge is 0.305 e. The van der Waals surface area contributed by atoms with Crippen molar-refractivity contribution in [3.63, 3.8) is 0 Å². The molecule has 0 heterocycles. The normalized spacial score (nSPS) is 28.9. The van der Waals surface area contributed by atoms with Gasteiger partial charge in [-0.1, -0.05) is 19.1 Å². The molecule has 1 aliphatic carbocycles. The average molecular weight is 240 g/mol. The zero-order valence-electron chi connectivity index (χ0n) is 10.4. The standard InChI is InChI=1S/C13H20O4/c1-3-4-5-6-9-10(7-13(16)17-2)12(15)8-11(9)14/h4-5,9-10,12,15H,3,6-8H2,1-2H3/b5-4-/t9-,10-,12-/m1/s1. The Labute approximate surface area is 102 Å². The highest BCUT2D eigenvalue weighted by Gasteiger charge is 2.41. The minimum atomic E-state index is -0.707. The highest BCUT2D eigenvalue weighted by atomic mass is 16.5. The van der Waals surface area contributed by atoms with E-state index in [1.54, 1.807) is 0 Å². The Morgan fingerprint density at radius 2 is 2.24 bits per heavy atom. The van der Waals surface area contributed by atoms with Crippen LogP contribution in [0.5, 0.6) is 0 Å². The summed E-state index contributed by atoms with van der Waals surface area (Å²) in [6.07, 6.45) is 5.04. The molecule has 0 aliphatic heterocycles. The molecule has 0 bridgehead atoms. The van der Waals surface area contributed by atoms with Gasteiger partial charge in [-0.25, -0.2) is 0 Å². The summed E-state index contributed by atoms with van der Waals surface area (Å²) in [5.74, 6) is -0.858. The van der Waals surface area contributed by atoms with Gasteiger partial charge in [0.25, 0.3) is 0 Å². The molecule has 96 valence electrons. The Kier molecular flexibility index (Phi) is 5.35. The van der Waals surface area contributed by atoms with Crippen molar-refractivity contribution in [1.29, 1.82) is 0 Å². The third kappa shape index (κ3) is 3.66. The van der Waals surface area contributed by atoms with Crippen molar-refractivity contribution in [3.8, 4) is 0 Å². The fourth-order valence-electron chi connectivity index (χ4n) is 2.29. The Balaban J connectivity index is 2.65. The predicted octanol–water partition coefficient (Wildman–Crippen LogP) is 1.47. The molecular formula is C13H20O4. The van der Waals surface area contributed by atoms with Gasteiger partial charge in [0, 0.05) is 18.3 Å². The maximum absolute atomic E-state index is 11.7. The zero-order chi connectivity index (χ0) is 12.8. The molecule has 0 aromatic carbocycles. The molecule has 1 N–H and O–H groups in total. The van der Waals surface area contributed by atoms with Crippen LogP contribution in [-0.4, -0.2) is 30.1 Å². The van der Waals surface area contributed by atoms with Crippen molar-refractivity contribution >= 4 is 11.8 Å². The SMILES string of the molecule is CC/C=C\C[C@H]1C(=O)C[C@@H](O)[C@@H]1CC(=O)OC. The van der Waals surface area contributed by atoms with E-state index >= 15 is 0 Å². The Morgan fingerprint density at radius 3 is 2.82 bits per heavy atom. The van der Waals surface area contributed by atoms with Crippen LogP contribution in [0.15, 0.2) is 12.2 Å². The first kappa shape index (κ1) is 13.9. The number of methoxy groups -OCH3 is 1. The molecule has 1 fully saturated rings. The number of hydrogen-bond donors (Lipinski definition) is 1. The second-order valence-corrected chi connectivity index (χ2v) is 4.40. The topological polar surface area (TPSA) is 63.6 Å². The second-order valence-electron chi connectivity index (χ2n) is 4.40. The van der Waals surface area contributed by atoms with Crippen LogP contribution in [0.2, 0.25) is 0 Å². The van der Waals surface area contributed by atoms with Crippen molar-refractivity contribution in [1.82, 2.24) is 0 Å². The first-order valence-corrected chi connectivity index (χ1v) is 6.02. The third-order valence-electron chi connectivity index (χ3n) is 3.26. The molecular weight excluding hydrogens is 220 g/mol. The lowest BCUT2D eigenvalue weighted by Gasteiger charge is -2.18. The molecule has 3 atom stereocenters. The van der Waals surface area contributed by atoms with E-state index < -0.39 is 6.10 Å². The van der Waals surface area contributed by atoms with Crippen LogP contribution >= 0.6 is 0 Å². The lowest BCUT2D eigenvalue weighted by Crippen LogP contribution is -2.24. The van der Waals surface area contributed by atoms with Crippen LogP contribution in [0.3, 0.4) is 0 Å². The molecule has 4 heteroatoms. The van der Waals surface area contributed by atoms with Crippen LogP contribution in [-0.2, 0) is 14.3 Å². The van der Waals surface area contributed by atoms with E-state index in [2.05, 4.69) is 4.74 Å². The van der Waals surface area contributed by atoms with Crippen molar-refractivity contribution in [3.05, 3.63) is 12.2 Å². The minimum Gasteiger partial charge on any atom is -0.469 e. The highest BCUT2D eigenvalue weighted by Crippen LogP contribution is 2.34. The maximum Gasteiger partial charge on any atom is 0.305 e. The monoisotopic (exact) mass is 240 g/mol. The third-order valence-corrected chi connectivity index (χ3v) is 3.26. The van der Waals surface area contributed by atoms with Gasteiger partial charge in [0.1, 0.15) is 5.78 Å². The number of esters is 1. The molecule has 4 nitrogen and oxygen atoms in total. The van der Waals surface area contributed by atoms with E-state index in [1.165, 1.54) is 7.11 Å². The number of rotatable bonds is 5. The van der Waals surface area contributed by atoms with Gasteiger partial charge < -0.3 is 9.84 Å². The Hall–Kier alpha value is -1.16. The first-order chi connectivity index (χ1) is 8.10. The highest BCUT2D eigenvalue weighted by molar-refractivity contribution is 5.85. The van der Waals surface area contributed by atoms with E-state index in [0.29, 0.717) is 6.42 Å². The van der Waals surface area contributed by atoms with Crippen LogP contribution in [0.25, 0.3) is 0 Å². The fourth-order valence-corrected chi connectivity index (χ4v) is 2.29. The summed E-state index contributed by atoms with van der Waals surface area (Å²) in [5.41, 5.74) is 0. The summed E-state index contributed by atoms with van der Waals surface area (Å²) in [5, 5.41) is 9.78. The summed E-state index contributed by atoms with van der Waals surface area (Å²) in [4.78, 5) is 22.9. The van der Waals surface area contributed by atoms with Gasteiger partial charge >= 0.3 is 5.97 Å². The van der Waals surface area contributed by atoms with Gasteiger partial charge in [0.15, 0.2) is 0 Å². The van der Waals surface area contributed by atoms with E-state index in [9.17, 15) is 14.7 Å². The van der Waals surface area contributed by atoms with Gasteiger partial charge in [-0.2, -0.15) is 0 Å². The minimum absolute atomic E-state index is 0.0483. The molecule has 0 aromatic heterocycles. The molecule has 1 aliphatic rings. The number of Topliss-reactive ketones (excluding diaryl/α,β-unsaturated/α-hetero) is 1. The molecule has 0 spiro atoms. The van der Waals surface area contributed by atoms with Gasteiger partial charge in [0.05, 0.1) is 19.6 Å². The van der Waals surface area contributed by atoms with Crippen molar-refractivity contribution in [2.45, 2.75) is 38.7 Å². The molecule has 1 saturated carbocycles. The van der Waals surface area contributed by atoms with Crippen molar-refractivity contribution in [2.24, 2.45) is 11.8 Å². The number of allylic oxidation sites excluding steroid dienone is 2. The number of aliphatic hydroxyl groups is 1. The quantitative estimate of drug-likeness (QED) is 0.584. The van der Waals surface area contributed by atoms with Crippen molar-refractivity contribution in [2.75, 3.05) is 7.11 Å². The number of carbonyl (C=O) groups excluding carboxylic acids is 2. The van der Waals surface area contributed by atoms with E-state index in [0.717, 1.165) is 6.42 Å². The molecule has 0 saturated heterocycles. The maximum atomic E-state index is 11.7. The van der Waals surface area contributed by atoms with Crippen LogP contribution in [0.4, 0.5) is 0 Å². The lowest BCUT2D eigenvalue weighted by molar-refractivity contribution is -0.143. The predicted molar refractivity (Wildman–Crippen MR) is 63.3 cm³/mol. The van der Waals surface area contributed by atoms with E-state index in [1.807, 2.05) is 19.1 Å². The van der Waals surface area contributed by atoms with Crippen LogP contribution < -0.4 is 0 Å². The number of carbonyl (C=O) groups is 2.